The van der Waals surface area contributed by atoms with Crippen molar-refractivity contribution in [2.75, 3.05) is 0 Å². The first-order valence-corrected chi connectivity index (χ1v) is 9.77. The normalized spacial score (nSPS) is 18.6. The van der Waals surface area contributed by atoms with E-state index in [0.717, 1.165) is 6.29 Å². The fraction of sp³-hybridized carbons (Fsp3) is 0.348. The van der Waals surface area contributed by atoms with Crippen molar-refractivity contribution >= 4 is 17.9 Å². The molecule has 7 heteroatoms. The van der Waals surface area contributed by atoms with Gasteiger partial charge in [0.1, 0.15) is 23.5 Å². The molecule has 0 heterocycles. The lowest BCUT2D eigenvalue weighted by Gasteiger charge is -2.33. The van der Waals surface area contributed by atoms with Gasteiger partial charge in [-0.05, 0) is 32.8 Å². The molecule has 7 nitrogen and oxygen atoms in total. The fourth-order valence-electron chi connectivity index (χ4n) is 3.82. The Morgan fingerprint density at radius 1 is 0.933 bits per heavy atom. The number of benzene rings is 2. The van der Waals surface area contributed by atoms with Crippen molar-refractivity contribution in [1.82, 2.24) is 0 Å². The van der Waals surface area contributed by atoms with Gasteiger partial charge in [-0.1, -0.05) is 26.0 Å². The van der Waals surface area contributed by atoms with E-state index in [2.05, 4.69) is 0 Å². The third-order valence-corrected chi connectivity index (χ3v) is 5.10. The van der Waals surface area contributed by atoms with E-state index in [4.69, 9.17) is 4.79 Å². The van der Waals surface area contributed by atoms with E-state index in [1.54, 1.807) is 6.92 Å². The van der Waals surface area contributed by atoms with Crippen LogP contribution in [-0.4, -0.2) is 43.9 Å². The predicted octanol–water partition coefficient (Wildman–Crippen LogP) is 3.05. The molecule has 0 radical (unpaired) electrons. The van der Waals surface area contributed by atoms with Gasteiger partial charge in [0.15, 0.2) is 5.78 Å². The Labute approximate surface area is 174 Å². The van der Waals surface area contributed by atoms with E-state index >= 15 is 0 Å². The van der Waals surface area contributed by atoms with Crippen LogP contribution in [0.5, 0.6) is 17.2 Å². The van der Waals surface area contributed by atoms with Crippen LogP contribution in [0.25, 0.3) is 0 Å². The van der Waals surface area contributed by atoms with E-state index in [-0.39, 0.29) is 57.9 Å². The minimum Gasteiger partial charge on any atom is -0.507 e. The minimum absolute atomic E-state index is 0.0188. The van der Waals surface area contributed by atoms with Crippen LogP contribution in [0.1, 0.15) is 77.1 Å². The van der Waals surface area contributed by atoms with Crippen molar-refractivity contribution < 1.29 is 34.8 Å². The van der Waals surface area contributed by atoms with Gasteiger partial charge in [0.05, 0.1) is 22.3 Å². The molecule has 160 valence electrons. The van der Waals surface area contributed by atoms with Crippen LogP contribution in [0, 0.1) is 0 Å². The molecule has 1 atom stereocenters. The summed E-state index contributed by atoms with van der Waals surface area (Å²) in [4.78, 5) is 34.5. The number of ketones is 2. The van der Waals surface area contributed by atoms with Crippen molar-refractivity contribution in [2.24, 2.45) is 0 Å². The Bertz CT molecular complexity index is 1020. The van der Waals surface area contributed by atoms with Crippen LogP contribution in [0.3, 0.4) is 0 Å². The highest BCUT2D eigenvalue weighted by Gasteiger charge is 2.41. The zero-order valence-corrected chi connectivity index (χ0v) is 17.4. The molecule has 1 unspecified atom stereocenters. The molecule has 2 aliphatic carbocycles. The van der Waals surface area contributed by atoms with E-state index in [0.29, 0.717) is 12.0 Å². The van der Waals surface area contributed by atoms with Crippen molar-refractivity contribution in [3.8, 4) is 17.2 Å². The van der Waals surface area contributed by atoms with Crippen LogP contribution in [-0.2, 0) is 17.6 Å². The van der Waals surface area contributed by atoms with Crippen LogP contribution in [0.15, 0.2) is 18.2 Å². The second-order valence-electron chi connectivity index (χ2n) is 7.17. The van der Waals surface area contributed by atoms with Crippen molar-refractivity contribution in [1.29, 1.82) is 0 Å². The van der Waals surface area contributed by atoms with Gasteiger partial charge >= 0.3 is 0 Å². The summed E-state index contributed by atoms with van der Waals surface area (Å²) in [5, 5.41) is 41.6. The molecule has 0 fully saturated rings. The number of phenolic OH excluding ortho intramolecular Hbond substituents is 3. The van der Waals surface area contributed by atoms with Crippen LogP contribution < -0.4 is 0 Å². The highest BCUT2D eigenvalue weighted by Crippen LogP contribution is 2.47. The number of aliphatic hydroxyl groups is 1. The van der Waals surface area contributed by atoms with E-state index in [1.165, 1.54) is 25.1 Å². The number of phenols is 3. The maximum absolute atomic E-state index is 12.8. The number of hydrogen-bond acceptors (Lipinski definition) is 7. The predicted molar refractivity (Wildman–Crippen MR) is 110 cm³/mol. The molecule has 30 heavy (non-hydrogen) atoms. The number of aromatic hydroxyl groups is 3. The van der Waals surface area contributed by atoms with Gasteiger partial charge in [-0.2, -0.15) is 0 Å². The summed E-state index contributed by atoms with van der Waals surface area (Å²) in [7, 11) is 0. The molecular weight excluding hydrogens is 388 g/mol. The zero-order valence-electron chi connectivity index (χ0n) is 17.4. The molecule has 0 aliphatic heterocycles. The average Bonchev–Trinajstić information content (AvgIpc) is 2.70. The summed E-state index contributed by atoms with van der Waals surface area (Å²) in [6.45, 7) is 7.06. The summed E-state index contributed by atoms with van der Waals surface area (Å²) in [6, 6.07) is 4.12. The number of hydrogen-bond donors (Lipinski definition) is 4. The van der Waals surface area contributed by atoms with E-state index in [1.807, 2.05) is 13.8 Å². The molecule has 0 saturated carbocycles. The van der Waals surface area contributed by atoms with Crippen LogP contribution in [0.4, 0.5) is 0 Å². The van der Waals surface area contributed by atoms with E-state index in [9.17, 15) is 30.0 Å². The first kappa shape index (κ1) is 23.1. The number of carbonyl (C=O) groups is 3. The highest BCUT2D eigenvalue weighted by molar-refractivity contribution is 6.31. The molecule has 4 N–H and O–H groups in total. The lowest BCUT2D eigenvalue weighted by Crippen LogP contribution is -2.33. The molecule has 0 saturated heterocycles. The lowest BCUT2D eigenvalue weighted by molar-refractivity contribution is -0.106. The molecule has 2 aromatic rings. The van der Waals surface area contributed by atoms with Crippen molar-refractivity contribution in [3.05, 3.63) is 51.6 Å². The SMILES string of the molecule is CC.CC1(O)CCc2c(O)c3c(c(O)c2C1)C(=O)c1cccc(O)c1C3=O.CC=O. The molecule has 2 aromatic carbocycles. The van der Waals surface area contributed by atoms with Gasteiger partial charge in [0, 0.05) is 23.1 Å². The topological polar surface area (TPSA) is 132 Å². The smallest absolute Gasteiger partial charge is 0.202 e. The lowest BCUT2D eigenvalue weighted by atomic mass is 9.74. The summed E-state index contributed by atoms with van der Waals surface area (Å²) in [5.41, 5.74) is -1.15. The Morgan fingerprint density at radius 3 is 2.07 bits per heavy atom. The summed E-state index contributed by atoms with van der Waals surface area (Å²) < 4.78 is 0. The molecule has 0 spiro atoms. The van der Waals surface area contributed by atoms with E-state index < -0.39 is 17.2 Å². The Kier molecular flexibility index (Phi) is 6.67. The summed E-state index contributed by atoms with van der Waals surface area (Å²) in [5.74, 6) is -2.42. The van der Waals surface area contributed by atoms with Gasteiger partial charge < -0.3 is 25.2 Å². The minimum atomic E-state index is -1.07. The molecule has 0 amide bonds. The fourth-order valence-corrected chi connectivity index (χ4v) is 3.82. The maximum atomic E-state index is 12.8. The monoisotopic (exact) mass is 414 g/mol. The molecular formula is C23H26O7. The van der Waals surface area contributed by atoms with Gasteiger partial charge in [-0.15, -0.1) is 0 Å². The standard InChI is InChI=1S/C19H16O6.C2H4O.C2H6/c1-19(25)6-5-8-10(7-19)17(23)13-14(15(8)21)18(24)12-9(16(13)22)3-2-4-11(12)20;1-2-3;1-2/h2-4,20-21,23,25H,5-7H2,1H3;2H,1H3;1-2H3. The zero-order chi connectivity index (χ0) is 22.8. The van der Waals surface area contributed by atoms with Crippen LogP contribution in [0.2, 0.25) is 0 Å². The molecule has 4 rings (SSSR count). The maximum Gasteiger partial charge on any atom is 0.202 e. The average molecular weight is 414 g/mol. The highest BCUT2D eigenvalue weighted by atomic mass is 16.3. The third-order valence-electron chi connectivity index (χ3n) is 5.10. The summed E-state index contributed by atoms with van der Waals surface area (Å²) >= 11 is 0. The van der Waals surface area contributed by atoms with Crippen molar-refractivity contribution in [2.45, 2.75) is 52.6 Å². The van der Waals surface area contributed by atoms with Crippen LogP contribution >= 0.6 is 0 Å². The number of aldehydes is 1. The van der Waals surface area contributed by atoms with Gasteiger partial charge in [0.25, 0.3) is 0 Å². The molecule has 0 bridgehead atoms. The van der Waals surface area contributed by atoms with Gasteiger partial charge in [-0.25, -0.2) is 0 Å². The van der Waals surface area contributed by atoms with Gasteiger partial charge in [-0.3, -0.25) is 9.59 Å². The quantitative estimate of drug-likeness (QED) is 0.328. The second kappa shape index (κ2) is 8.67. The Morgan fingerprint density at radius 2 is 1.47 bits per heavy atom. The first-order valence-electron chi connectivity index (χ1n) is 9.77. The van der Waals surface area contributed by atoms with Crippen molar-refractivity contribution in [3.63, 3.8) is 0 Å². The molecule has 0 aromatic heterocycles. The van der Waals surface area contributed by atoms with Gasteiger partial charge in [0.2, 0.25) is 5.78 Å². The largest absolute Gasteiger partial charge is 0.507 e. The number of fused-ring (bicyclic) bond motifs is 3. The number of carbonyl (C=O) groups excluding carboxylic acids is 3. The Balaban J connectivity index is 0.000000590. The number of rotatable bonds is 0. The molecule has 2 aliphatic rings. The first-order chi connectivity index (χ1) is 14.1. The summed E-state index contributed by atoms with van der Waals surface area (Å²) in [6.07, 6.45) is 1.45. The Hall–Kier alpha value is -3.19. The second-order valence-corrected chi connectivity index (χ2v) is 7.17. The third kappa shape index (κ3) is 3.68.